The summed E-state index contributed by atoms with van der Waals surface area (Å²) in [4.78, 5) is 0. The van der Waals surface area contributed by atoms with Crippen molar-refractivity contribution in [1.29, 1.82) is 0 Å². The van der Waals surface area contributed by atoms with Crippen LogP contribution in [-0.4, -0.2) is 0 Å². The van der Waals surface area contributed by atoms with Gasteiger partial charge in [-0.25, -0.2) is 0 Å². The zero-order chi connectivity index (χ0) is 8.69. The fourth-order valence-corrected chi connectivity index (χ4v) is 1.10. The second-order valence-corrected chi connectivity index (χ2v) is 2.70. The maximum absolute atomic E-state index is 3.94. The predicted molar refractivity (Wildman–Crippen MR) is 52.5 cm³/mol. The lowest BCUT2D eigenvalue weighted by molar-refractivity contribution is 0.671. The predicted octanol–water partition coefficient (Wildman–Crippen LogP) is 3.72. The van der Waals surface area contributed by atoms with E-state index in [2.05, 4.69) is 32.2 Å². The monoisotopic (exact) mass is 150 g/mol. The summed E-state index contributed by atoms with van der Waals surface area (Å²) in [6, 6.07) is 0. The van der Waals surface area contributed by atoms with Gasteiger partial charge in [0.15, 0.2) is 0 Å². The molecule has 0 aliphatic rings. The van der Waals surface area contributed by atoms with Gasteiger partial charge in [0.1, 0.15) is 0 Å². The molecular weight excluding hydrogens is 132 g/mol. The van der Waals surface area contributed by atoms with Crippen molar-refractivity contribution < 1.29 is 0 Å². The molecule has 0 aliphatic heterocycles. The lowest BCUT2D eigenvalue weighted by Crippen LogP contribution is -1.96. The van der Waals surface area contributed by atoms with E-state index in [4.69, 9.17) is 0 Å². The number of rotatable bonds is 5. The van der Waals surface area contributed by atoms with Crippen LogP contribution in [0.25, 0.3) is 0 Å². The van der Waals surface area contributed by atoms with Crippen molar-refractivity contribution in [1.82, 2.24) is 0 Å². The summed E-state index contributed by atoms with van der Waals surface area (Å²) < 4.78 is 0. The Kier molecular flexibility index (Phi) is 5.54. The van der Waals surface area contributed by atoms with Crippen LogP contribution in [0, 0.1) is 5.92 Å². The molecule has 1 unspecified atom stereocenters. The molecular formula is C11H18. The van der Waals surface area contributed by atoms with E-state index in [0.717, 1.165) is 5.57 Å². The maximum Gasteiger partial charge on any atom is 0.00116 e. The first kappa shape index (κ1) is 10.2. The summed E-state index contributed by atoms with van der Waals surface area (Å²) in [7, 11) is 0. The Morgan fingerprint density at radius 3 is 2.55 bits per heavy atom. The lowest BCUT2D eigenvalue weighted by atomic mass is 9.95. The van der Waals surface area contributed by atoms with E-state index in [-0.39, 0.29) is 0 Å². The highest BCUT2D eigenvalue weighted by atomic mass is 14.1. The summed E-state index contributed by atoms with van der Waals surface area (Å²) in [6.45, 7) is 11.9. The first-order chi connectivity index (χ1) is 5.26. The van der Waals surface area contributed by atoms with Crippen LogP contribution in [0.3, 0.4) is 0 Å². The molecule has 0 radical (unpaired) electrons. The number of allylic oxidation sites excluding steroid dienone is 4. The minimum atomic E-state index is 0.502. The average molecular weight is 150 g/mol. The van der Waals surface area contributed by atoms with Crippen molar-refractivity contribution in [3.8, 4) is 0 Å². The summed E-state index contributed by atoms with van der Waals surface area (Å²) in [5.74, 6) is 0.502. The highest BCUT2D eigenvalue weighted by Gasteiger charge is 2.03. The van der Waals surface area contributed by atoms with Crippen molar-refractivity contribution in [2.75, 3.05) is 0 Å². The molecule has 0 heteroatoms. The van der Waals surface area contributed by atoms with Gasteiger partial charge >= 0.3 is 0 Å². The first-order valence-electron chi connectivity index (χ1n) is 4.20. The molecule has 62 valence electrons. The smallest absolute Gasteiger partial charge is 0.00116 e. The van der Waals surface area contributed by atoms with E-state index in [9.17, 15) is 0 Å². The van der Waals surface area contributed by atoms with Crippen LogP contribution in [0.4, 0.5) is 0 Å². The Balaban J connectivity index is 4.08. The third kappa shape index (κ3) is 3.82. The van der Waals surface area contributed by atoms with Gasteiger partial charge in [0, 0.05) is 5.92 Å². The minimum Gasteiger partial charge on any atom is -0.0988 e. The molecule has 1 atom stereocenters. The quantitative estimate of drug-likeness (QED) is 0.414. The zero-order valence-electron chi connectivity index (χ0n) is 7.64. The normalized spacial score (nSPS) is 13.3. The van der Waals surface area contributed by atoms with Gasteiger partial charge in [-0.1, -0.05) is 44.7 Å². The molecule has 11 heavy (non-hydrogen) atoms. The Labute approximate surface area is 70.3 Å². The molecule has 0 aromatic rings. The van der Waals surface area contributed by atoms with Crippen LogP contribution in [0.5, 0.6) is 0 Å². The largest absolute Gasteiger partial charge is 0.0988 e. The molecule has 0 heterocycles. The molecule has 0 saturated heterocycles. The van der Waals surface area contributed by atoms with E-state index in [0.29, 0.717) is 5.92 Å². The van der Waals surface area contributed by atoms with E-state index in [1.807, 2.05) is 13.0 Å². The average Bonchev–Trinajstić information content (AvgIpc) is 2.03. The van der Waals surface area contributed by atoms with Gasteiger partial charge in [-0.3, -0.25) is 0 Å². The van der Waals surface area contributed by atoms with Crippen molar-refractivity contribution in [3.05, 3.63) is 37.0 Å². The molecule has 0 spiro atoms. The van der Waals surface area contributed by atoms with Gasteiger partial charge in [-0.05, 0) is 18.9 Å². The molecule has 0 aromatic heterocycles. The fraction of sp³-hybridized carbons (Fsp3) is 0.455. The summed E-state index contributed by atoms with van der Waals surface area (Å²) in [5.41, 5.74) is 1.13. The standard InChI is InChI=1S/C11H18/c1-5-8-11(9-6-2)10(4)7-3/h5,7-8,11H,3-4,6,9H2,1-2H3/b8-5-. The molecule has 0 amide bonds. The second-order valence-electron chi connectivity index (χ2n) is 2.70. The minimum absolute atomic E-state index is 0.502. The highest BCUT2D eigenvalue weighted by Crippen LogP contribution is 2.17. The highest BCUT2D eigenvalue weighted by molar-refractivity contribution is 5.19. The number of hydrogen-bond donors (Lipinski definition) is 0. The maximum atomic E-state index is 3.94. The zero-order valence-corrected chi connectivity index (χ0v) is 7.64. The van der Waals surface area contributed by atoms with Gasteiger partial charge < -0.3 is 0 Å². The Bertz CT molecular complexity index is 151. The van der Waals surface area contributed by atoms with Gasteiger partial charge in [-0.15, -0.1) is 0 Å². The third-order valence-corrected chi connectivity index (χ3v) is 1.76. The van der Waals surface area contributed by atoms with Crippen LogP contribution in [0.15, 0.2) is 37.0 Å². The van der Waals surface area contributed by atoms with Crippen LogP contribution < -0.4 is 0 Å². The van der Waals surface area contributed by atoms with Crippen molar-refractivity contribution in [3.63, 3.8) is 0 Å². The van der Waals surface area contributed by atoms with Gasteiger partial charge in [0.05, 0.1) is 0 Å². The molecule has 0 aromatic carbocycles. The fourth-order valence-electron chi connectivity index (χ4n) is 1.10. The molecule has 0 aliphatic carbocycles. The summed E-state index contributed by atoms with van der Waals surface area (Å²) in [5, 5.41) is 0. The Hall–Kier alpha value is -0.780. The Morgan fingerprint density at radius 1 is 1.55 bits per heavy atom. The molecule has 0 N–H and O–H groups in total. The van der Waals surface area contributed by atoms with Crippen molar-refractivity contribution >= 4 is 0 Å². The van der Waals surface area contributed by atoms with Gasteiger partial charge in [0.2, 0.25) is 0 Å². The topological polar surface area (TPSA) is 0 Å². The molecule has 0 nitrogen and oxygen atoms in total. The van der Waals surface area contributed by atoms with Crippen LogP contribution >= 0.6 is 0 Å². The van der Waals surface area contributed by atoms with Gasteiger partial charge in [-0.2, -0.15) is 0 Å². The van der Waals surface area contributed by atoms with Crippen molar-refractivity contribution in [2.24, 2.45) is 5.92 Å². The number of hydrogen-bond acceptors (Lipinski definition) is 0. The summed E-state index contributed by atoms with van der Waals surface area (Å²) >= 11 is 0. The van der Waals surface area contributed by atoms with Crippen LogP contribution in [-0.2, 0) is 0 Å². The molecule has 0 fully saturated rings. The van der Waals surface area contributed by atoms with Gasteiger partial charge in [0.25, 0.3) is 0 Å². The van der Waals surface area contributed by atoms with Crippen LogP contribution in [0.1, 0.15) is 26.7 Å². The van der Waals surface area contributed by atoms with Crippen LogP contribution in [0.2, 0.25) is 0 Å². The molecule has 0 bridgehead atoms. The lowest BCUT2D eigenvalue weighted by Gasteiger charge is -2.10. The first-order valence-corrected chi connectivity index (χ1v) is 4.20. The van der Waals surface area contributed by atoms with E-state index in [1.54, 1.807) is 0 Å². The van der Waals surface area contributed by atoms with Crippen molar-refractivity contribution in [2.45, 2.75) is 26.7 Å². The summed E-state index contributed by atoms with van der Waals surface area (Å²) in [6.07, 6.45) is 8.49. The van der Waals surface area contributed by atoms with E-state index in [1.165, 1.54) is 12.8 Å². The van der Waals surface area contributed by atoms with E-state index < -0.39 is 0 Å². The molecule has 0 rings (SSSR count). The van der Waals surface area contributed by atoms with E-state index >= 15 is 0 Å². The SMILES string of the molecule is C=CC(=C)C(/C=C\C)CCC. The third-order valence-electron chi connectivity index (χ3n) is 1.76. The second kappa shape index (κ2) is 5.96. The Morgan fingerprint density at radius 2 is 2.18 bits per heavy atom. The molecule has 0 saturated carbocycles.